The van der Waals surface area contributed by atoms with Crippen LogP contribution >= 0.6 is 0 Å². The van der Waals surface area contributed by atoms with Gasteiger partial charge in [0.2, 0.25) is 0 Å². The van der Waals surface area contributed by atoms with Crippen molar-refractivity contribution < 1.29 is 33.6 Å². The van der Waals surface area contributed by atoms with Crippen LogP contribution in [0.5, 0.6) is 0 Å². The van der Waals surface area contributed by atoms with Crippen LogP contribution in [0.15, 0.2) is 0 Å². The Labute approximate surface area is 150 Å². The molecule has 1 radical (unpaired) electrons. The number of hydrogen-bond donors (Lipinski definition) is 0. The molecule has 0 aromatic carbocycles. The first-order valence-electron chi connectivity index (χ1n) is 0. The van der Waals surface area contributed by atoms with E-state index in [2.05, 4.69) is 0 Å². The Bertz CT molecular complexity index is 15.5. The van der Waals surface area contributed by atoms with Crippen LogP contribution in [0.4, 0.5) is 0 Å². The standard InChI is InChI=1S/Ba.Li.Mg.Mn.Na.Ni.6H. The van der Waals surface area contributed by atoms with E-state index in [1.807, 2.05) is 0 Å². The van der Waals surface area contributed by atoms with E-state index in [4.69, 9.17) is 0 Å². The van der Waals surface area contributed by atoms with Crippen LogP contribution in [0.1, 0.15) is 0 Å². The maximum Gasteiger partial charge on any atom is 0 e. The molecule has 0 bridgehead atoms. The fourth-order valence-electron chi connectivity index (χ4n) is 0. The topological polar surface area (TPSA) is 0 Å². The molecule has 6 heteroatoms. The van der Waals surface area contributed by atoms with Crippen molar-refractivity contribution in [2.75, 3.05) is 0 Å². The Morgan fingerprint density at radius 1 is 1.00 bits per heavy atom. The fourth-order valence-corrected chi connectivity index (χ4v) is 0. The van der Waals surface area contributed by atoms with Crippen molar-refractivity contribution in [2.45, 2.75) is 0 Å². The predicted octanol–water partition coefficient (Wildman–Crippen LogP) is -3.13. The van der Waals surface area contributed by atoms with Gasteiger partial charge in [0.1, 0.15) is 0 Å². The summed E-state index contributed by atoms with van der Waals surface area (Å²) in [7, 11) is 0. The second-order valence-electron chi connectivity index (χ2n) is 0. The number of rotatable bonds is 0. The van der Waals surface area contributed by atoms with Gasteiger partial charge in [-0.2, -0.15) is 0 Å². The van der Waals surface area contributed by atoms with Crippen molar-refractivity contribution in [1.29, 1.82) is 0 Å². The first-order valence-corrected chi connectivity index (χ1v) is 0. The van der Waals surface area contributed by atoms with Gasteiger partial charge >= 0.3 is 120 Å². The van der Waals surface area contributed by atoms with E-state index in [0.717, 1.165) is 0 Å². The Kier molecular flexibility index (Phi) is 240. The van der Waals surface area contributed by atoms with Gasteiger partial charge in [-0.25, -0.2) is 0 Å². The monoisotopic (exact) mass is 311 g/mol. The molecule has 0 unspecified atom stereocenters. The van der Waals surface area contributed by atoms with Crippen LogP contribution in [0.2, 0.25) is 0 Å². The van der Waals surface area contributed by atoms with Crippen LogP contribution < -0.4 is 0 Å². The molecule has 0 spiro atoms. The van der Waals surface area contributed by atoms with Gasteiger partial charge in [0.15, 0.2) is 0 Å². The molecule has 0 rings (SSSR count). The summed E-state index contributed by atoms with van der Waals surface area (Å²) < 4.78 is 0. The zero-order chi connectivity index (χ0) is 0. The molecule has 0 fully saturated rings. The summed E-state index contributed by atoms with van der Waals surface area (Å²) in [4.78, 5) is 0. The van der Waals surface area contributed by atoms with E-state index in [9.17, 15) is 0 Å². The van der Waals surface area contributed by atoms with Gasteiger partial charge in [-0.3, -0.25) is 0 Å². The molecule has 0 N–H and O–H groups in total. The zero-order valence-corrected chi connectivity index (χ0v) is 2.86. The zero-order valence-electron chi connectivity index (χ0n) is 0.694. The van der Waals surface area contributed by atoms with Crippen molar-refractivity contribution in [1.82, 2.24) is 0 Å². The minimum absolute atomic E-state index is 0. The van der Waals surface area contributed by atoms with Crippen molar-refractivity contribution in [2.24, 2.45) is 0 Å². The van der Waals surface area contributed by atoms with Gasteiger partial charge in [-0.15, -0.1) is 0 Å². The largest absolute Gasteiger partial charge is 0 e. The molecule has 29 valence electrons. The summed E-state index contributed by atoms with van der Waals surface area (Å²) in [6.07, 6.45) is 0. The summed E-state index contributed by atoms with van der Waals surface area (Å²) in [5.41, 5.74) is 0. The summed E-state index contributed by atoms with van der Waals surface area (Å²) >= 11 is 0. The van der Waals surface area contributed by atoms with E-state index >= 15 is 0 Å². The Hall–Kier alpha value is 4.95. The molecule has 0 nitrogen and oxygen atoms in total. The SMILES string of the molecule is [BaH2].[LiH].[MgH2].[Mn].[NaH].[Ni]. The van der Waals surface area contributed by atoms with Gasteiger partial charge in [0.05, 0.1) is 0 Å². The molecule has 0 saturated carbocycles. The van der Waals surface area contributed by atoms with Crippen LogP contribution in [0.25, 0.3) is 0 Å². The van der Waals surface area contributed by atoms with Gasteiger partial charge in [-0.1, -0.05) is 0 Å². The Morgan fingerprint density at radius 3 is 1.00 bits per heavy atom. The summed E-state index contributed by atoms with van der Waals surface area (Å²) in [5, 5.41) is 0. The quantitative estimate of drug-likeness (QED) is 0.415. The van der Waals surface area contributed by atoms with Gasteiger partial charge in [0, 0.05) is 33.6 Å². The summed E-state index contributed by atoms with van der Waals surface area (Å²) in [6.45, 7) is 0. The van der Waals surface area contributed by atoms with E-state index in [1.165, 1.54) is 0 Å². The van der Waals surface area contributed by atoms with E-state index < -0.39 is 0 Å². The molecule has 0 heterocycles. The fraction of sp³-hybridized carbons (Fsp3) is 0. The minimum Gasteiger partial charge on any atom is 0 e. The summed E-state index contributed by atoms with van der Waals surface area (Å²) in [6, 6.07) is 0. The average Bonchev–Trinajstić information content (AvgIpc) is 0. The molecular formula is H6BaLiMgMnNaNi. The third-order valence-corrected chi connectivity index (χ3v) is 0. The van der Waals surface area contributed by atoms with Crippen molar-refractivity contribution >= 4 is 120 Å². The maximum absolute atomic E-state index is 0. The van der Waals surface area contributed by atoms with Crippen LogP contribution in [-0.2, 0) is 33.6 Å². The van der Waals surface area contributed by atoms with Gasteiger partial charge in [0.25, 0.3) is 0 Å². The normalized spacial score (nSPS) is 0. The Morgan fingerprint density at radius 2 is 1.00 bits per heavy atom. The van der Waals surface area contributed by atoms with Crippen molar-refractivity contribution in [3.05, 3.63) is 0 Å². The molecule has 0 aromatic heterocycles. The van der Waals surface area contributed by atoms with Crippen molar-refractivity contribution in [3.63, 3.8) is 0 Å². The molecule has 0 aliphatic heterocycles. The molecule has 0 aliphatic rings. The Balaban J connectivity index is 0. The molecule has 0 aromatic rings. The van der Waals surface area contributed by atoms with Gasteiger partial charge < -0.3 is 0 Å². The first-order chi connectivity index (χ1) is 0. The van der Waals surface area contributed by atoms with E-state index in [0.29, 0.717) is 0 Å². The molecule has 0 aliphatic carbocycles. The first kappa shape index (κ1) is 44.3. The molecular weight excluding hydrogens is 305 g/mol. The number of hydrogen-bond acceptors (Lipinski definition) is 0. The smallest absolute Gasteiger partial charge is 0 e. The van der Waals surface area contributed by atoms with Gasteiger partial charge in [-0.05, 0) is 0 Å². The van der Waals surface area contributed by atoms with Crippen LogP contribution in [0, 0.1) is 0 Å². The molecule has 0 saturated heterocycles. The average molecular weight is 311 g/mol. The molecule has 6 heavy (non-hydrogen) atoms. The summed E-state index contributed by atoms with van der Waals surface area (Å²) in [5.74, 6) is 0. The predicted molar refractivity (Wildman–Crippen MR) is 31.4 cm³/mol. The third kappa shape index (κ3) is 23.1. The van der Waals surface area contributed by atoms with Crippen molar-refractivity contribution in [3.8, 4) is 0 Å². The minimum atomic E-state index is 0. The van der Waals surface area contributed by atoms with Crippen LogP contribution in [0.3, 0.4) is 0 Å². The maximum atomic E-state index is 0. The third-order valence-electron chi connectivity index (χ3n) is 0. The van der Waals surface area contributed by atoms with Crippen LogP contribution in [-0.4, -0.2) is 120 Å². The van der Waals surface area contributed by atoms with E-state index in [-0.39, 0.29) is 154 Å². The van der Waals surface area contributed by atoms with E-state index in [1.54, 1.807) is 0 Å². The second-order valence-corrected chi connectivity index (χ2v) is 0. The molecule has 0 atom stereocenters. The second kappa shape index (κ2) is 32.5. The molecule has 0 amide bonds.